The smallest absolute Gasteiger partial charge is 0.254 e. The molecule has 2 fully saturated rings. The van der Waals surface area contributed by atoms with Crippen LogP contribution >= 0.6 is 0 Å². The van der Waals surface area contributed by atoms with Crippen LogP contribution in [0.25, 0.3) is 0 Å². The molecule has 0 spiro atoms. The molecule has 0 aliphatic carbocycles. The SMILES string of the molecule is CN(CCCN1CCOCC1)C(=O)[C@]1(C)CCCCO1. The van der Waals surface area contributed by atoms with Crippen molar-refractivity contribution in [2.75, 3.05) is 53.0 Å². The summed E-state index contributed by atoms with van der Waals surface area (Å²) in [6.07, 6.45) is 4.02. The average molecular weight is 284 g/mol. The fourth-order valence-corrected chi connectivity index (χ4v) is 2.96. The lowest BCUT2D eigenvalue weighted by molar-refractivity contribution is -0.160. The molecule has 1 amide bonds. The van der Waals surface area contributed by atoms with Crippen LogP contribution in [0.1, 0.15) is 32.6 Å². The van der Waals surface area contributed by atoms with E-state index >= 15 is 0 Å². The van der Waals surface area contributed by atoms with Gasteiger partial charge in [0.05, 0.1) is 13.2 Å². The third kappa shape index (κ3) is 4.17. The maximum absolute atomic E-state index is 12.5. The zero-order valence-electron chi connectivity index (χ0n) is 12.9. The van der Waals surface area contributed by atoms with Crippen molar-refractivity contribution in [3.63, 3.8) is 0 Å². The number of morpholine rings is 1. The number of rotatable bonds is 5. The van der Waals surface area contributed by atoms with Crippen LogP contribution in [-0.2, 0) is 14.3 Å². The summed E-state index contributed by atoms with van der Waals surface area (Å²) in [5.41, 5.74) is -0.591. The van der Waals surface area contributed by atoms with E-state index in [0.717, 1.165) is 65.1 Å². The highest BCUT2D eigenvalue weighted by Crippen LogP contribution is 2.26. The molecular formula is C15H28N2O3. The first-order valence-corrected chi connectivity index (χ1v) is 7.81. The molecule has 5 heteroatoms. The molecule has 0 N–H and O–H groups in total. The summed E-state index contributed by atoms with van der Waals surface area (Å²) in [5, 5.41) is 0. The largest absolute Gasteiger partial charge is 0.379 e. The summed E-state index contributed by atoms with van der Waals surface area (Å²) >= 11 is 0. The minimum absolute atomic E-state index is 0.138. The number of ether oxygens (including phenoxy) is 2. The molecule has 2 aliphatic rings. The number of amides is 1. The molecule has 2 heterocycles. The third-order valence-corrected chi connectivity index (χ3v) is 4.34. The number of carbonyl (C=O) groups excluding carboxylic acids is 1. The summed E-state index contributed by atoms with van der Waals surface area (Å²) < 4.78 is 11.1. The Kier molecular flexibility index (Phi) is 5.81. The van der Waals surface area contributed by atoms with E-state index in [2.05, 4.69) is 4.90 Å². The topological polar surface area (TPSA) is 42.0 Å². The number of hydrogen-bond donors (Lipinski definition) is 0. The second-order valence-electron chi connectivity index (χ2n) is 6.07. The van der Waals surface area contributed by atoms with Crippen molar-refractivity contribution in [2.24, 2.45) is 0 Å². The normalized spacial score (nSPS) is 28.3. The number of nitrogens with zero attached hydrogens (tertiary/aromatic N) is 2. The highest BCUT2D eigenvalue weighted by atomic mass is 16.5. The van der Waals surface area contributed by atoms with Crippen LogP contribution < -0.4 is 0 Å². The highest BCUT2D eigenvalue weighted by molar-refractivity contribution is 5.84. The molecule has 20 heavy (non-hydrogen) atoms. The van der Waals surface area contributed by atoms with Gasteiger partial charge in [-0.3, -0.25) is 9.69 Å². The summed E-state index contributed by atoms with van der Waals surface area (Å²) in [4.78, 5) is 16.7. The Morgan fingerprint density at radius 2 is 2.00 bits per heavy atom. The number of carbonyl (C=O) groups is 1. The number of likely N-dealkylation sites (N-methyl/N-ethyl adjacent to an activating group) is 1. The van der Waals surface area contributed by atoms with Crippen molar-refractivity contribution >= 4 is 5.91 Å². The maximum atomic E-state index is 12.5. The second kappa shape index (κ2) is 7.38. The van der Waals surface area contributed by atoms with Gasteiger partial charge < -0.3 is 14.4 Å². The van der Waals surface area contributed by atoms with Crippen LogP contribution in [0.5, 0.6) is 0 Å². The van der Waals surface area contributed by atoms with Crippen molar-refractivity contribution in [2.45, 2.75) is 38.2 Å². The lowest BCUT2D eigenvalue weighted by Gasteiger charge is -2.36. The second-order valence-corrected chi connectivity index (χ2v) is 6.07. The number of hydrogen-bond acceptors (Lipinski definition) is 4. The summed E-state index contributed by atoms with van der Waals surface area (Å²) in [7, 11) is 1.89. The maximum Gasteiger partial charge on any atom is 0.254 e. The predicted octanol–water partition coefficient (Wildman–Crippen LogP) is 1.13. The third-order valence-electron chi connectivity index (χ3n) is 4.34. The van der Waals surface area contributed by atoms with Gasteiger partial charge in [0.1, 0.15) is 5.60 Å². The molecule has 0 saturated carbocycles. The molecular weight excluding hydrogens is 256 g/mol. The highest BCUT2D eigenvalue weighted by Gasteiger charge is 2.37. The fraction of sp³-hybridized carbons (Fsp3) is 0.933. The minimum Gasteiger partial charge on any atom is -0.379 e. The molecule has 0 aromatic heterocycles. The average Bonchev–Trinajstić information content (AvgIpc) is 2.48. The van der Waals surface area contributed by atoms with E-state index < -0.39 is 5.60 Å². The van der Waals surface area contributed by atoms with Crippen LogP contribution in [0.2, 0.25) is 0 Å². The van der Waals surface area contributed by atoms with Gasteiger partial charge in [0.15, 0.2) is 0 Å². The quantitative estimate of drug-likeness (QED) is 0.759. The van der Waals surface area contributed by atoms with E-state index in [9.17, 15) is 4.79 Å². The Hall–Kier alpha value is -0.650. The summed E-state index contributed by atoms with van der Waals surface area (Å²) in [6, 6.07) is 0. The predicted molar refractivity (Wildman–Crippen MR) is 77.7 cm³/mol. The molecule has 0 unspecified atom stereocenters. The van der Waals surface area contributed by atoms with Gasteiger partial charge in [-0.15, -0.1) is 0 Å². The van der Waals surface area contributed by atoms with Crippen molar-refractivity contribution in [3.05, 3.63) is 0 Å². The van der Waals surface area contributed by atoms with Gasteiger partial charge in [-0.05, 0) is 32.6 Å². The molecule has 0 bridgehead atoms. The molecule has 116 valence electrons. The summed E-state index contributed by atoms with van der Waals surface area (Å²) in [6.45, 7) is 8.18. The Bertz CT molecular complexity index is 310. The Labute approximate surface area is 122 Å². The molecule has 0 radical (unpaired) electrons. The molecule has 1 atom stereocenters. The van der Waals surface area contributed by atoms with Crippen molar-refractivity contribution in [1.29, 1.82) is 0 Å². The standard InChI is InChI=1S/C15H28N2O3/c1-15(6-3-4-11-20-15)14(18)16(2)7-5-8-17-9-12-19-13-10-17/h3-13H2,1-2H3/t15-/m0/s1. The van der Waals surface area contributed by atoms with Crippen LogP contribution in [0.3, 0.4) is 0 Å². The van der Waals surface area contributed by atoms with E-state index in [4.69, 9.17) is 9.47 Å². The van der Waals surface area contributed by atoms with Crippen LogP contribution in [-0.4, -0.2) is 74.4 Å². The molecule has 2 saturated heterocycles. The summed E-state index contributed by atoms with van der Waals surface area (Å²) in [5.74, 6) is 0.138. The van der Waals surface area contributed by atoms with Gasteiger partial charge in [-0.25, -0.2) is 0 Å². The van der Waals surface area contributed by atoms with E-state index in [-0.39, 0.29) is 5.91 Å². The zero-order valence-corrected chi connectivity index (χ0v) is 12.9. The first-order chi connectivity index (χ1) is 9.62. The molecule has 2 rings (SSSR count). The van der Waals surface area contributed by atoms with Gasteiger partial charge in [-0.1, -0.05) is 0 Å². The van der Waals surface area contributed by atoms with Crippen LogP contribution in [0.4, 0.5) is 0 Å². The Morgan fingerprint density at radius 1 is 1.25 bits per heavy atom. The zero-order chi connectivity index (χ0) is 14.4. The van der Waals surface area contributed by atoms with Gasteiger partial charge in [0.25, 0.3) is 5.91 Å². The molecule has 2 aliphatic heterocycles. The van der Waals surface area contributed by atoms with Crippen LogP contribution in [0.15, 0.2) is 0 Å². The van der Waals surface area contributed by atoms with E-state index in [1.54, 1.807) is 0 Å². The van der Waals surface area contributed by atoms with Crippen molar-refractivity contribution in [3.8, 4) is 0 Å². The van der Waals surface area contributed by atoms with Gasteiger partial charge >= 0.3 is 0 Å². The van der Waals surface area contributed by atoms with E-state index in [0.29, 0.717) is 6.61 Å². The minimum atomic E-state index is -0.591. The van der Waals surface area contributed by atoms with Gasteiger partial charge in [-0.2, -0.15) is 0 Å². The molecule has 0 aromatic carbocycles. The van der Waals surface area contributed by atoms with Crippen LogP contribution in [0, 0.1) is 0 Å². The monoisotopic (exact) mass is 284 g/mol. The fourth-order valence-electron chi connectivity index (χ4n) is 2.96. The van der Waals surface area contributed by atoms with Crippen molar-refractivity contribution < 1.29 is 14.3 Å². The molecule has 5 nitrogen and oxygen atoms in total. The first kappa shape index (κ1) is 15.7. The Balaban J connectivity index is 1.70. The molecule has 0 aromatic rings. The van der Waals surface area contributed by atoms with Gasteiger partial charge in [0.2, 0.25) is 0 Å². The lowest BCUT2D eigenvalue weighted by atomic mass is 9.94. The Morgan fingerprint density at radius 3 is 2.65 bits per heavy atom. The van der Waals surface area contributed by atoms with E-state index in [1.807, 2.05) is 18.9 Å². The first-order valence-electron chi connectivity index (χ1n) is 7.81. The lowest BCUT2D eigenvalue weighted by Crippen LogP contribution is -2.49. The van der Waals surface area contributed by atoms with Crippen molar-refractivity contribution in [1.82, 2.24) is 9.80 Å². The van der Waals surface area contributed by atoms with Gasteiger partial charge in [0, 0.05) is 39.8 Å². The van der Waals surface area contributed by atoms with E-state index in [1.165, 1.54) is 0 Å².